The first kappa shape index (κ1) is 10.6. The van der Waals surface area contributed by atoms with Crippen molar-refractivity contribution in [2.24, 2.45) is 0 Å². The second-order valence-corrected chi connectivity index (χ2v) is 4.56. The Balaban J connectivity index is 2.41. The SMILES string of the molecule is COC1(c2ccccc2)COS(=O)(=O)N1. The van der Waals surface area contributed by atoms with Gasteiger partial charge in [-0.15, -0.1) is 0 Å². The molecule has 1 fully saturated rings. The van der Waals surface area contributed by atoms with Gasteiger partial charge in [0, 0.05) is 12.7 Å². The summed E-state index contributed by atoms with van der Waals surface area (Å²) in [4.78, 5) is 0. The number of hydrogen-bond acceptors (Lipinski definition) is 4. The zero-order valence-corrected chi connectivity index (χ0v) is 8.95. The van der Waals surface area contributed by atoms with Gasteiger partial charge in [0.05, 0.1) is 0 Å². The minimum absolute atomic E-state index is 0.0597. The lowest BCUT2D eigenvalue weighted by Crippen LogP contribution is -2.42. The molecule has 0 aliphatic carbocycles. The predicted octanol–water partition coefficient (Wildman–Crippen LogP) is 0.350. The summed E-state index contributed by atoms with van der Waals surface area (Å²) in [6.07, 6.45) is 0. The van der Waals surface area contributed by atoms with Crippen LogP contribution in [0.3, 0.4) is 0 Å². The summed E-state index contributed by atoms with van der Waals surface area (Å²) in [5.74, 6) is 0. The van der Waals surface area contributed by atoms with Crippen LogP contribution in [0.5, 0.6) is 0 Å². The normalized spacial score (nSPS) is 29.1. The number of methoxy groups -OCH3 is 1. The smallest absolute Gasteiger partial charge is 0.338 e. The van der Waals surface area contributed by atoms with Crippen molar-refractivity contribution in [2.75, 3.05) is 13.7 Å². The minimum Gasteiger partial charge on any atom is -0.356 e. The summed E-state index contributed by atoms with van der Waals surface area (Å²) in [5.41, 5.74) is -0.381. The Labute approximate surface area is 88.3 Å². The highest BCUT2D eigenvalue weighted by atomic mass is 32.2. The lowest BCUT2D eigenvalue weighted by molar-refractivity contribution is -0.0350. The molecule has 2 rings (SSSR count). The third-order valence-electron chi connectivity index (χ3n) is 2.30. The highest BCUT2D eigenvalue weighted by molar-refractivity contribution is 7.85. The van der Waals surface area contributed by atoms with E-state index in [1.807, 2.05) is 18.2 Å². The van der Waals surface area contributed by atoms with Crippen LogP contribution in [-0.4, -0.2) is 22.1 Å². The van der Waals surface area contributed by atoms with Crippen molar-refractivity contribution in [2.45, 2.75) is 5.72 Å². The molecule has 1 saturated heterocycles. The summed E-state index contributed by atoms with van der Waals surface area (Å²) in [7, 11) is -2.25. The molecule has 0 aromatic heterocycles. The molecule has 1 aromatic carbocycles. The van der Waals surface area contributed by atoms with Crippen LogP contribution >= 0.6 is 0 Å². The molecule has 1 aliphatic heterocycles. The van der Waals surface area contributed by atoms with E-state index in [-0.39, 0.29) is 6.61 Å². The Morgan fingerprint density at radius 1 is 1.40 bits per heavy atom. The Morgan fingerprint density at radius 3 is 2.53 bits per heavy atom. The van der Waals surface area contributed by atoms with Crippen molar-refractivity contribution in [3.05, 3.63) is 35.9 Å². The van der Waals surface area contributed by atoms with E-state index in [0.29, 0.717) is 5.56 Å². The van der Waals surface area contributed by atoms with Crippen LogP contribution in [-0.2, 0) is 24.9 Å². The van der Waals surface area contributed by atoms with Crippen LogP contribution in [0.1, 0.15) is 5.56 Å². The van der Waals surface area contributed by atoms with Crippen LogP contribution in [0, 0.1) is 0 Å². The molecule has 0 spiro atoms. The first-order valence-electron chi connectivity index (χ1n) is 4.37. The van der Waals surface area contributed by atoms with Gasteiger partial charge in [0.2, 0.25) is 0 Å². The van der Waals surface area contributed by atoms with Gasteiger partial charge in [0.25, 0.3) is 0 Å². The zero-order valence-electron chi connectivity index (χ0n) is 8.14. The maximum atomic E-state index is 11.2. The zero-order chi connectivity index (χ0) is 10.9. The topological polar surface area (TPSA) is 64.6 Å². The molecule has 0 radical (unpaired) electrons. The highest BCUT2D eigenvalue weighted by Crippen LogP contribution is 2.28. The maximum absolute atomic E-state index is 11.2. The fourth-order valence-electron chi connectivity index (χ4n) is 1.49. The fourth-order valence-corrected chi connectivity index (χ4v) is 2.53. The second kappa shape index (κ2) is 3.57. The molecule has 1 atom stereocenters. The van der Waals surface area contributed by atoms with Crippen LogP contribution in [0.4, 0.5) is 0 Å². The molecule has 5 nitrogen and oxygen atoms in total. The lowest BCUT2D eigenvalue weighted by Gasteiger charge is -2.24. The van der Waals surface area contributed by atoms with Crippen LogP contribution in [0.25, 0.3) is 0 Å². The lowest BCUT2D eigenvalue weighted by atomic mass is 10.1. The molecule has 0 amide bonds. The van der Waals surface area contributed by atoms with Gasteiger partial charge < -0.3 is 4.74 Å². The van der Waals surface area contributed by atoms with E-state index in [0.717, 1.165) is 0 Å². The molecule has 0 saturated carbocycles. The van der Waals surface area contributed by atoms with E-state index < -0.39 is 16.0 Å². The first-order valence-corrected chi connectivity index (χ1v) is 5.78. The molecule has 1 N–H and O–H groups in total. The largest absolute Gasteiger partial charge is 0.356 e. The Hall–Kier alpha value is -0.950. The average Bonchev–Trinajstić information content (AvgIpc) is 2.57. The van der Waals surface area contributed by atoms with Crippen molar-refractivity contribution in [3.63, 3.8) is 0 Å². The van der Waals surface area contributed by atoms with Crippen LogP contribution in [0.15, 0.2) is 30.3 Å². The van der Waals surface area contributed by atoms with Gasteiger partial charge in [-0.05, 0) is 0 Å². The molecule has 82 valence electrons. The number of rotatable bonds is 2. The van der Waals surface area contributed by atoms with Gasteiger partial charge in [0.15, 0.2) is 5.72 Å². The maximum Gasteiger partial charge on any atom is 0.338 e. The van der Waals surface area contributed by atoms with E-state index in [2.05, 4.69) is 8.91 Å². The van der Waals surface area contributed by atoms with E-state index >= 15 is 0 Å². The molecule has 1 unspecified atom stereocenters. The number of nitrogens with one attached hydrogen (secondary N) is 1. The third kappa shape index (κ3) is 1.89. The van der Waals surface area contributed by atoms with Crippen LogP contribution in [0.2, 0.25) is 0 Å². The van der Waals surface area contributed by atoms with Crippen molar-refractivity contribution in [1.29, 1.82) is 0 Å². The van der Waals surface area contributed by atoms with Crippen molar-refractivity contribution < 1.29 is 17.3 Å². The monoisotopic (exact) mass is 229 g/mol. The summed E-state index contributed by atoms with van der Waals surface area (Å²) in [6.45, 7) is -0.0597. The van der Waals surface area contributed by atoms with E-state index in [1.165, 1.54) is 7.11 Å². The van der Waals surface area contributed by atoms with Gasteiger partial charge in [-0.3, -0.25) is 4.18 Å². The molecule has 6 heteroatoms. The summed E-state index contributed by atoms with van der Waals surface area (Å²) < 4.78 is 34.5. The van der Waals surface area contributed by atoms with Crippen molar-refractivity contribution >= 4 is 10.3 Å². The summed E-state index contributed by atoms with van der Waals surface area (Å²) in [6, 6.07) is 9.02. The van der Waals surface area contributed by atoms with E-state index in [4.69, 9.17) is 4.74 Å². The molecule has 0 bridgehead atoms. The Bertz CT molecular complexity index is 444. The highest BCUT2D eigenvalue weighted by Gasteiger charge is 2.44. The number of benzene rings is 1. The number of ether oxygens (including phenoxy) is 1. The first-order chi connectivity index (χ1) is 7.08. The van der Waals surface area contributed by atoms with E-state index in [9.17, 15) is 8.42 Å². The van der Waals surface area contributed by atoms with E-state index in [1.54, 1.807) is 12.1 Å². The Morgan fingerprint density at radius 2 is 2.07 bits per heavy atom. The standard InChI is InChI=1S/C9H11NO4S/c1-13-9(7-14-15(11,12)10-9)8-5-3-2-4-6-8/h2-6,10H,7H2,1H3. The fraction of sp³-hybridized carbons (Fsp3) is 0.333. The minimum atomic E-state index is -3.69. The second-order valence-electron chi connectivity index (χ2n) is 3.22. The van der Waals surface area contributed by atoms with Gasteiger partial charge in [0.1, 0.15) is 6.61 Å². The molecule has 1 aromatic rings. The summed E-state index contributed by atoms with van der Waals surface area (Å²) in [5, 5.41) is 0. The average molecular weight is 229 g/mol. The third-order valence-corrected chi connectivity index (χ3v) is 3.30. The van der Waals surface area contributed by atoms with Crippen LogP contribution < -0.4 is 4.72 Å². The van der Waals surface area contributed by atoms with Gasteiger partial charge in [-0.25, -0.2) is 0 Å². The molecular weight excluding hydrogens is 218 g/mol. The van der Waals surface area contributed by atoms with Crippen molar-refractivity contribution in [1.82, 2.24) is 4.72 Å². The molecule has 1 heterocycles. The molecular formula is C9H11NO4S. The number of hydrogen-bond donors (Lipinski definition) is 1. The summed E-state index contributed by atoms with van der Waals surface area (Å²) >= 11 is 0. The van der Waals surface area contributed by atoms with Gasteiger partial charge in [-0.2, -0.15) is 13.1 Å². The quantitative estimate of drug-likeness (QED) is 0.794. The molecule has 1 aliphatic rings. The molecule has 15 heavy (non-hydrogen) atoms. The van der Waals surface area contributed by atoms with Gasteiger partial charge in [-0.1, -0.05) is 30.3 Å². The van der Waals surface area contributed by atoms with Crippen molar-refractivity contribution in [3.8, 4) is 0 Å². The van der Waals surface area contributed by atoms with Gasteiger partial charge >= 0.3 is 10.3 Å². The predicted molar refractivity (Wildman–Crippen MR) is 53.1 cm³/mol. The Kier molecular flexibility index (Phi) is 2.51.